The second kappa shape index (κ2) is 3.57. The van der Waals surface area contributed by atoms with Gasteiger partial charge >= 0.3 is 30.3 Å². The van der Waals surface area contributed by atoms with Crippen molar-refractivity contribution >= 4 is 6.16 Å². The first-order valence-electron chi connectivity index (χ1n) is 3.83. The maximum absolute atomic E-state index is 12.3. The van der Waals surface area contributed by atoms with Crippen molar-refractivity contribution in [1.82, 2.24) is 0 Å². The minimum Gasteiger partial charge on any atom is -0.416 e. The lowest BCUT2D eigenvalue weighted by Crippen LogP contribution is -2.66. The molecule has 1 atom stereocenters. The molecule has 0 spiro atoms. The zero-order chi connectivity index (χ0) is 14.6. The van der Waals surface area contributed by atoms with Crippen LogP contribution in [0.4, 0.5) is 44.3 Å². The molecule has 1 saturated heterocycles. The van der Waals surface area contributed by atoms with Gasteiger partial charge in [-0.2, -0.15) is 39.5 Å². The highest BCUT2D eigenvalue weighted by Gasteiger charge is 2.86. The van der Waals surface area contributed by atoms with E-state index in [2.05, 4.69) is 9.47 Å². The number of cyclic esters (lactones) is 2. The fourth-order valence-electron chi connectivity index (χ4n) is 1.26. The van der Waals surface area contributed by atoms with Crippen molar-refractivity contribution < 1.29 is 53.8 Å². The third kappa shape index (κ3) is 1.92. The van der Waals surface area contributed by atoms with Crippen LogP contribution in [0.15, 0.2) is 0 Å². The van der Waals surface area contributed by atoms with E-state index in [4.69, 9.17) is 0 Å². The van der Waals surface area contributed by atoms with Gasteiger partial charge in [-0.25, -0.2) is 4.79 Å². The van der Waals surface area contributed by atoms with Gasteiger partial charge in [0.15, 0.2) is 0 Å². The summed E-state index contributed by atoms with van der Waals surface area (Å²) in [6.07, 6.45) is -26.4. The Hall–Kier alpha value is -1.36. The summed E-state index contributed by atoms with van der Waals surface area (Å²) >= 11 is 0. The molecule has 0 amide bonds. The Bertz CT molecular complexity index is 337. The molecule has 0 radical (unpaired) electrons. The van der Waals surface area contributed by atoms with Crippen LogP contribution in [-0.4, -0.2) is 36.4 Å². The second-order valence-corrected chi connectivity index (χ2v) is 3.12. The largest absolute Gasteiger partial charge is 0.510 e. The third-order valence-corrected chi connectivity index (χ3v) is 1.97. The topological polar surface area (TPSA) is 35.5 Å². The fourth-order valence-corrected chi connectivity index (χ4v) is 1.26. The van der Waals surface area contributed by atoms with Crippen LogP contribution in [0.2, 0.25) is 0 Å². The van der Waals surface area contributed by atoms with Crippen molar-refractivity contribution in [3.8, 4) is 0 Å². The highest BCUT2D eigenvalue weighted by atomic mass is 19.4. The molecule has 0 aromatic rings. The van der Waals surface area contributed by atoms with Crippen LogP contribution in [-0.2, 0) is 9.47 Å². The van der Waals surface area contributed by atoms with Gasteiger partial charge in [0.1, 0.15) is 0 Å². The predicted molar refractivity (Wildman–Crippen MR) is 32.2 cm³/mol. The van der Waals surface area contributed by atoms with Crippen LogP contribution in [0.25, 0.3) is 0 Å². The summed E-state index contributed by atoms with van der Waals surface area (Å²) in [5, 5.41) is 0. The molecule has 1 aliphatic rings. The first-order chi connectivity index (χ1) is 7.73. The Balaban J connectivity index is 3.47. The van der Waals surface area contributed by atoms with Crippen molar-refractivity contribution in [3.63, 3.8) is 0 Å². The number of carbonyl (C=O) groups is 1. The summed E-state index contributed by atoms with van der Waals surface area (Å²) in [4.78, 5) is 10.3. The van der Waals surface area contributed by atoms with Crippen LogP contribution in [0, 0.1) is 0 Å². The van der Waals surface area contributed by atoms with E-state index < -0.39 is 36.4 Å². The molecule has 12 heteroatoms. The zero-order valence-electron chi connectivity index (χ0n) is 7.70. The average Bonchev–Trinajstić information content (AvgIpc) is 2.40. The van der Waals surface area contributed by atoms with Crippen molar-refractivity contribution in [2.24, 2.45) is 0 Å². The number of alkyl halides is 9. The van der Waals surface area contributed by atoms with Gasteiger partial charge in [-0.1, -0.05) is 0 Å². The zero-order valence-corrected chi connectivity index (χ0v) is 7.70. The van der Waals surface area contributed by atoms with Crippen molar-refractivity contribution in [2.45, 2.75) is 30.2 Å². The Morgan fingerprint density at radius 3 is 1.50 bits per heavy atom. The van der Waals surface area contributed by atoms with E-state index in [9.17, 15) is 44.3 Å². The van der Waals surface area contributed by atoms with Crippen LogP contribution >= 0.6 is 0 Å². The highest BCUT2D eigenvalue weighted by molar-refractivity contribution is 5.64. The summed E-state index contributed by atoms with van der Waals surface area (Å²) in [7, 11) is 0. The molecule has 1 fully saturated rings. The Morgan fingerprint density at radius 1 is 0.889 bits per heavy atom. The quantitative estimate of drug-likeness (QED) is 0.508. The van der Waals surface area contributed by atoms with Crippen LogP contribution in [0.5, 0.6) is 0 Å². The number of hydrogen-bond acceptors (Lipinski definition) is 3. The van der Waals surface area contributed by atoms with E-state index in [0.29, 0.717) is 0 Å². The van der Waals surface area contributed by atoms with Gasteiger partial charge in [0, 0.05) is 0 Å². The highest BCUT2D eigenvalue weighted by Crippen LogP contribution is 2.55. The van der Waals surface area contributed by atoms with Gasteiger partial charge in [0.2, 0.25) is 0 Å². The minimum absolute atomic E-state index is 2.70. The summed E-state index contributed by atoms with van der Waals surface area (Å²) in [5.41, 5.74) is -5.75. The molecule has 0 aromatic carbocycles. The van der Waals surface area contributed by atoms with E-state index in [-0.39, 0.29) is 0 Å². The molecule has 0 aromatic heterocycles. The average molecular weight is 292 g/mol. The van der Waals surface area contributed by atoms with Gasteiger partial charge in [-0.15, -0.1) is 0 Å². The molecule has 1 rings (SSSR count). The summed E-state index contributed by atoms with van der Waals surface area (Å²) in [6, 6.07) is 0. The number of halogens is 9. The van der Waals surface area contributed by atoms with Gasteiger partial charge in [0.05, 0.1) is 0 Å². The van der Waals surface area contributed by atoms with Gasteiger partial charge in [0.25, 0.3) is 6.10 Å². The molecule has 1 aliphatic heterocycles. The molecule has 106 valence electrons. The summed E-state index contributed by atoms with van der Waals surface area (Å²) in [6.45, 7) is 0. The molecular formula is C6HF9O3. The van der Waals surface area contributed by atoms with Gasteiger partial charge < -0.3 is 9.47 Å². The minimum atomic E-state index is -6.54. The molecule has 1 unspecified atom stereocenters. The van der Waals surface area contributed by atoms with E-state index in [0.717, 1.165) is 0 Å². The van der Waals surface area contributed by atoms with E-state index >= 15 is 0 Å². The first-order valence-corrected chi connectivity index (χ1v) is 3.83. The molecule has 0 bridgehead atoms. The Labute approximate surface area is 91.4 Å². The number of hydrogen-bond donors (Lipinski definition) is 0. The number of ether oxygens (including phenoxy) is 2. The van der Waals surface area contributed by atoms with Gasteiger partial charge in [-0.05, 0) is 0 Å². The third-order valence-electron chi connectivity index (χ3n) is 1.97. The summed E-state index contributed by atoms with van der Waals surface area (Å²) < 4.78 is 116. The van der Waals surface area contributed by atoms with Gasteiger partial charge in [-0.3, -0.25) is 0 Å². The smallest absolute Gasteiger partial charge is 0.416 e. The van der Waals surface area contributed by atoms with Crippen molar-refractivity contribution in [3.05, 3.63) is 0 Å². The number of carbonyl (C=O) groups excluding carboxylic acids is 1. The van der Waals surface area contributed by atoms with E-state index in [1.54, 1.807) is 0 Å². The first kappa shape index (κ1) is 14.7. The second-order valence-electron chi connectivity index (χ2n) is 3.12. The molecule has 3 nitrogen and oxygen atoms in total. The maximum Gasteiger partial charge on any atom is 0.510 e. The summed E-state index contributed by atoms with van der Waals surface area (Å²) in [5.74, 6) is 0. The lowest BCUT2D eigenvalue weighted by Gasteiger charge is -2.34. The molecule has 18 heavy (non-hydrogen) atoms. The van der Waals surface area contributed by atoms with Crippen molar-refractivity contribution in [2.75, 3.05) is 0 Å². The fraction of sp³-hybridized carbons (Fsp3) is 0.833. The normalized spacial score (nSPS) is 24.7. The Morgan fingerprint density at radius 2 is 1.28 bits per heavy atom. The molecule has 0 N–H and O–H groups in total. The van der Waals surface area contributed by atoms with Crippen molar-refractivity contribution in [1.29, 1.82) is 0 Å². The molecular weight excluding hydrogens is 291 g/mol. The maximum atomic E-state index is 12.3. The van der Waals surface area contributed by atoms with Crippen LogP contribution < -0.4 is 0 Å². The monoisotopic (exact) mass is 292 g/mol. The number of rotatable bonds is 0. The SMILES string of the molecule is O=C1OC(C(F)(F)F)C(C(F)(F)F)(C(F)(F)F)O1. The lowest BCUT2D eigenvalue weighted by molar-refractivity contribution is -0.390. The van der Waals surface area contributed by atoms with Crippen LogP contribution in [0.1, 0.15) is 0 Å². The van der Waals surface area contributed by atoms with E-state index in [1.165, 1.54) is 0 Å². The standard InChI is InChI=1S/C6HF9O3/c7-4(8,9)1-3(5(10,11)12,6(13,14)15)18-2(16)17-1/h1H. The lowest BCUT2D eigenvalue weighted by atomic mass is 9.94. The molecule has 0 saturated carbocycles. The van der Waals surface area contributed by atoms with Crippen LogP contribution in [0.3, 0.4) is 0 Å². The van der Waals surface area contributed by atoms with E-state index in [1.807, 2.05) is 0 Å². The molecule has 0 aliphatic carbocycles. The molecule has 1 heterocycles. The predicted octanol–water partition coefficient (Wildman–Crippen LogP) is 2.95. The Kier molecular flexibility index (Phi) is 2.92.